The fourth-order valence-electron chi connectivity index (χ4n) is 2.74. The summed E-state index contributed by atoms with van der Waals surface area (Å²) in [4.78, 5) is 6.81. The van der Waals surface area contributed by atoms with Crippen LogP contribution in [0.15, 0.2) is 30.3 Å². The number of nitrogens with two attached hydrogens (primary N) is 1. The number of aliphatic hydroxyl groups is 1. The SMILES string of the molecule is N=C(N)c1cc(N2CCC(CO)C2)nc2ccccc12. The normalized spacial score (nSPS) is 18.6. The van der Waals surface area contributed by atoms with Gasteiger partial charge in [-0.1, -0.05) is 18.2 Å². The van der Waals surface area contributed by atoms with Crippen LogP contribution in [0.25, 0.3) is 10.9 Å². The molecule has 1 aliphatic rings. The first kappa shape index (κ1) is 12.9. The van der Waals surface area contributed by atoms with E-state index in [1.54, 1.807) is 0 Å². The molecule has 5 heteroatoms. The first-order valence-corrected chi connectivity index (χ1v) is 6.79. The van der Waals surface area contributed by atoms with Gasteiger partial charge in [-0.25, -0.2) is 4.98 Å². The van der Waals surface area contributed by atoms with Crippen molar-refractivity contribution in [1.82, 2.24) is 4.98 Å². The molecule has 1 aliphatic heterocycles. The highest BCUT2D eigenvalue weighted by atomic mass is 16.3. The van der Waals surface area contributed by atoms with E-state index in [2.05, 4.69) is 9.88 Å². The molecule has 1 atom stereocenters. The first-order chi connectivity index (χ1) is 9.69. The quantitative estimate of drug-likeness (QED) is 0.580. The Morgan fingerprint density at radius 2 is 2.25 bits per heavy atom. The number of pyridine rings is 1. The number of nitrogen functional groups attached to an aromatic ring is 1. The van der Waals surface area contributed by atoms with Gasteiger partial charge in [0.15, 0.2) is 0 Å². The second-order valence-corrected chi connectivity index (χ2v) is 5.24. The minimum Gasteiger partial charge on any atom is -0.396 e. The zero-order valence-electron chi connectivity index (χ0n) is 11.2. The van der Waals surface area contributed by atoms with E-state index in [-0.39, 0.29) is 12.4 Å². The van der Waals surface area contributed by atoms with Crippen LogP contribution in [0.3, 0.4) is 0 Å². The summed E-state index contributed by atoms with van der Waals surface area (Å²) in [5.41, 5.74) is 7.27. The molecule has 0 radical (unpaired) electrons. The summed E-state index contributed by atoms with van der Waals surface area (Å²) in [5, 5.41) is 17.9. The summed E-state index contributed by atoms with van der Waals surface area (Å²) in [6.07, 6.45) is 0.973. The number of para-hydroxylation sites is 1. The maximum absolute atomic E-state index is 9.24. The molecule has 1 fully saturated rings. The third-order valence-corrected chi connectivity index (χ3v) is 3.86. The second kappa shape index (κ2) is 5.09. The first-order valence-electron chi connectivity index (χ1n) is 6.79. The van der Waals surface area contributed by atoms with Crippen molar-refractivity contribution in [2.24, 2.45) is 11.7 Å². The Morgan fingerprint density at radius 1 is 1.45 bits per heavy atom. The van der Waals surface area contributed by atoms with Crippen LogP contribution in [0.4, 0.5) is 5.82 Å². The van der Waals surface area contributed by atoms with Crippen molar-refractivity contribution in [2.75, 3.05) is 24.6 Å². The molecule has 0 bridgehead atoms. The number of anilines is 1. The van der Waals surface area contributed by atoms with E-state index in [4.69, 9.17) is 11.1 Å². The number of nitrogens with one attached hydrogen (secondary N) is 1. The maximum atomic E-state index is 9.24. The number of hydrogen-bond donors (Lipinski definition) is 3. The standard InChI is InChI=1S/C15H18N4O/c16-15(17)12-7-14(19-6-5-10(8-19)9-20)18-13-4-2-1-3-11(12)13/h1-4,7,10,20H,5-6,8-9H2,(H3,16,17). The van der Waals surface area contributed by atoms with Crippen molar-refractivity contribution in [3.63, 3.8) is 0 Å². The summed E-state index contributed by atoms with van der Waals surface area (Å²) in [6, 6.07) is 9.61. The highest BCUT2D eigenvalue weighted by Gasteiger charge is 2.23. The van der Waals surface area contributed by atoms with Crippen molar-refractivity contribution in [2.45, 2.75) is 6.42 Å². The fourth-order valence-corrected chi connectivity index (χ4v) is 2.74. The smallest absolute Gasteiger partial charge is 0.129 e. The second-order valence-electron chi connectivity index (χ2n) is 5.24. The molecule has 3 rings (SSSR count). The van der Waals surface area contributed by atoms with Crippen LogP contribution in [0.1, 0.15) is 12.0 Å². The largest absolute Gasteiger partial charge is 0.396 e. The summed E-state index contributed by atoms with van der Waals surface area (Å²) in [6.45, 7) is 1.90. The number of rotatable bonds is 3. The molecular weight excluding hydrogens is 252 g/mol. The fraction of sp³-hybridized carbons (Fsp3) is 0.333. The summed E-state index contributed by atoms with van der Waals surface area (Å²) in [5.74, 6) is 1.21. The summed E-state index contributed by atoms with van der Waals surface area (Å²) >= 11 is 0. The predicted molar refractivity (Wildman–Crippen MR) is 80.2 cm³/mol. The molecule has 0 amide bonds. The van der Waals surface area contributed by atoms with E-state index in [9.17, 15) is 5.11 Å². The molecule has 1 saturated heterocycles. The Kier molecular flexibility index (Phi) is 3.28. The Balaban J connectivity index is 2.06. The van der Waals surface area contributed by atoms with Crippen molar-refractivity contribution in [3.8, 4) is 0 Å². The van der Waals surface area contributed by atoms with Gasteiger partial charge in [0.25, 0.3) is 0 Å². The summed E-state index contributed by atoms with van der Waals surface area (Å²) < 4.78 is 0. The van der Waals surface area contributed by atoms with E-state index < -0.39 is 0 Å². The van der Waals surface area contributed by atoms with Gasteiger partial charge >= 0.3 is 0 Å². The van der Waals surface area contributed by atoms with Crippen molar-refractivity contribution in [1.29, 1.82) is 5.41 Å². The molecule has 1 unspecified atom stereocenters. The molecule has 5 nitrogen and oxygen atoms in total. The molecular formula is C15H18N4O. The van der Waals surface area contributed by atoms with Crippen LogP contribution >= 0.6 is 0 Å². The lowest BCUT2D eigenvalue weighted by atomic mass is 10.1. The van der Waals surface area contributed by atoms with E-state index in [1.165, 1.54) is 0 Å². The molecule has 1 aromatic carbocycles. The van der Waals surface area contributed by atoms with Crippen LogP contribution in [0, 0.1) is 11.3 Å². The van der Waals surface area contributed by atoms with Gasteiger partial charge in [-0.15, -0.1) is 0 Å². The van der Waals surface area contributed by atoms with Gasteiger partial charge in [0.05, 0.1) is 5.52 Å². The number of nitrogens with zero attached hydrogens (tertiary/aromatic N) is 2. The van der Waals surface area contributed by atoms with Gasteiger partial charge in [-0.3, -0.25) is 5.41 Å². The lowest BCUT2D eigenvalue weighted by Gasteiger charge is -2.19. The van der Waals surface area contributed by atoms with Crippen molar-refractivity contribution in [3.05, 3.63) is 35.9 Å². The van der Waals surface area contributed by atoms with Gasteiger partial charge in [0, 0.05) is 36.6 Å². The van der Waals surface area contributed by atoms with Gasteiger partial charge in [0.1, 0.15) is 11.7 Å². The lowest BCUT2D eigenvalue weighted by Crippen LogP contribution is -2.23. The molecule has 2 heterocycles. The molecule has 0 saturated carbocycles. The average molecular weight is 270 g/mol. The van der Waals surface area contributed by atoms with E-state index >= 15 is 0 Å². The topological polar surface area (TPSA) is 86.2 Å². The lowest BCUT2D eigenvalue weighted by molar-refractivity contribution is 0.238. The number of benzene rings is 1. The van der Waals surface area contributed by atoms with Crippen molar-refractivity contribution < 1.29 is 5.11 Å². The number of amidine groups is 1. The summed E-state index contributed by atoms with van der Waals surface area (Å²) in [7, 11) is 0. The van der Waals surface area contributed by atoms with Crippen molar-refractivity contribution >= 4 is 22.6 Å². The Hall–Kier alpha value is -2.14. The Labute approximate surface area is 117 Å². The van der Waals surface area contributed by atoms with E-state index in [1.807, 2.05) is 30.3 Å². The van der Waals surface area contributed by atoms with Gasteiger partial charge in [-0.05, 0) is 18.6 Å². The average Bonchev–Trinajstić information content (AvgIpc) is 2.95. The Morgan fingerprint density at radius 3 is 2.95 bits per heavy atom. The monoisotopic (exact) mass is 270 g/mol. The van der Waals surface area contributed by atoms with Gasteiger partial charge in [-0.2, -0.15) is 0 Å². The minimum absolute atomic E-state index is 0.0581. The van der Waals surface area contributed by atoms with Crippen LogP contribution in [-0.4, -0.2) is 35.6 Å². The number of aromatic nitrogens is 1. The third-order valence-electron chi connectivity index (χ3n) is 3.86. The van der Waals surface area contributed by atoms with Crippen LogP contribution in [0.2, 0.25) is 0 Å². The van der Waals surface area contributed by atoms with E-state index in [0.717, 1.165) is 41.8 Å². The van der Waals surface area contributed by atoms with Gasteiger partial charge in [0.2, 0.25) is 0 Å². The van der Waals surface area contributed by atoms with Gasteiger partial charge < -0.3 is 15.7 Å². The third kappa shape index (κ3) is 2.20. The predicted octanol–water partition coefficient (Wildman–Crippen LogP) is 1.34. The van der Waals surface area contributed by atoms with E-state index in [0.29, 0.717) is 5.92 Å². The highest BCUT2D eigenvalue weighted by molar-refractivity contribution is 6.07. The van der Waals surface area contributed by atoms with Crippen LogP contribution in [0.5, 0.6) is 0 Å². The molecule has 4 N–H and O–H groups in total. The van der Waals surface area contributed by atoms with Crippen LogP contribution in [-0.2, 0) is 0 Å². The zero-order chi connectivity index (χ0) is 14.1. The number of fused-ring (bicyclic) bond motifs is 1. The minimum atomic E-state index is 0.0581. The molecule has 0 aliphatic carbocycles. The molecule has 20 heavy (non-hydrogen) atoms. The van der Waals surface area contributed by atoms with Crippen LogP contribution < -0.4 is 10.6 Å². The molecule has 2 aromatic rings. The maximum Gasteiger partial charge on any atom is 0.129 e. The molecule has 0 spiro atoms. The number of hydrogen-bond acceptors (Lipinski definition) is 4. The zero-order valence-corrected chi connectivity index (χ0v) is 11.2. The Bertz CT molecular complexity index is 655. The molecule has 1 aromatic heterocycles. The molecule has 104 valence electrons. The number of aliphatic hydroxyl groups excluding tert-OH is 1. The highest BCUT2D eigenvalue weighted by Crippen LogP contribution is 2.26.